The van der Waals surface area contributed by atoms with Crippen LogP contribution in [0.2, 0.25) is 0 Å². The molecule has 0 spiro atoms. The molecule has 3 aromatic rings. The number of amides is 1. The monoisotopic (exact) mass is 537 g/mol. The first-order chi connectivity index (χ1) is 18.8. The topological polar surface area (TPSA) is 45.1 Å². The maximum atomic E-state index is 13.8. The number of carbonyl (C=O) groups excluding carboxylic acids is 1. The fourth-order valence-electron chi connectivity index (χ4n) is 5.29. The van der Waals surface area contributed by atoms with Gasteiger partial charge in [-0.3, -0.25) is 9.69 Å². The molecule has 39 heavy (non-hydrogen) atoms. The van der Waals surface area contributed by atoms with Crippen molar-refractivity contribution < 1.29 is 9.53 Å². The lowest BCUT2D eigenvalue weighted by atomic mass is 9.87. The summed E-state index contributed by atoms with van der Waals surface area (Å²) in [5.74, 6) is 0.698. The molecule has 5 nitrogen and oxygen atoms in total. The Morgan fingerprint density at radius 3 is 2.38 bits per heavy atom. The molecule has 2 aliphatic heterocycles. The number of hydrogen-bond acceptors (Lipinski definition) is 5. The second-order valence-electron chi connectivity index (χ2n) is 10.5. The van der Waals surface area contributed by atoms with E-state index in [9.17, 15) is 4.79 Å². The summed E-state index contributed by atoms with van der Waals surface area (Å²) in [6.07, 6.45) is 5.33. The lowest BCUT2D eigenvalue weighted by Crippen LogP contribution is -2.45. The van der Waals surface area contributed by atoms with E-state index in [1.54, 1.807) is 12.0 Å². The Morgan fingerprint density at radius 1 is 1.03 bits per heavy atom. The van der Waals surface area contributed by atoms with Crippen molar-refractivity contribution in [1.82, 2.24) is 4.90 Å². The predicted octanol–water partition coefficient (Wildman–Crippen LogP) is 7.91. The van der Waals surface area contributed by atoms with Gasteiger partial charge in [0, 0.05) is 29.4 Å². The van der Waals surface area contributed by atoms with Crippen molar-refractivity contribution in [2.24, 2.45) is 4.99 Å². The molecule has 6 heteroatoms. The molecule has 1 amide bonds. The average molecular weight is 538 g/mol. The van der Waals surface area contributed by atoms with Crippen LogP contribution >= 0.6 is 11.8 Å². The number of anilines is 1. The van der Waals surface area contributed by atoms with Gasteiger partial charge in [0.1, 0.15) is 5.75 Å². The minimum absolute atomic E-state index is 0.0562. The summed E-state index contributed by atoms with van der Waals surface area (Å²) in [5.41, 5.74) is 6.24. The van der Waals surface area contributed by atoms with Crippen molar-refractivity contribution in [3.05, 3.63) is 100 Å². The maximum absolute atomic E-state index is 13.8. The quantitative estimate of drug-likeness (QED) is 0.287. The summed E-state index contributed by atoms with van der Waals surface area (Å²) < 4.78 is 5.88. The molecule has 0 aromatic heterocycles. The molecule has 5 rings (SSSR count). The molecule has 3 aromatic carbocycles. The van der Waals surface area contributed by atoms with Crippen LogP contribution in [0.15, 0.2) is 88.8 Å². The van der Waals surface area contributed by atoms with Gasteiger partial charge in [0.15, 0.2) is 5.17 Å². The first-order valence-electron chi connectivity index (χ1n) is 13.4. The molecule has 0 aliphatic carbocycles. The van der Waals surface area contributed by atoms with E-state index < -0.39 is 0 Å². The van der Waals surface area contributed by atoms with Gasteiger partial charge in [0.2, 0.25) is 0 Å². The third-order valence-corrected chi connectivity index (χ3v) is 8.12. The lowest BCUT2D eigenvalue weighted by Gasteiger charge is -2.43. The van der Waals surface area contributed by atoms with Crippen LogP contribution in [0.3, 0.4) is 0 Å². The number of benzene rings is 3. The Morgan fingerprint density at radius 2 is 1.72 bits per heavy atom. The van der Waals surface area contributed by atoms with Gasteiger partial charge in [-0.1, -0.05) is 61.5 Å². The number of para-hydroxylation sites is 1. The minimum atomic E-state index is -0.0872. The number of thioether (sulfide) groups is 1. The molecule has 1 fully saturated rings. The van der Waals surface area contributed by atoms with Gasteiger partial charge >= 0.3 is 0 Å². The number of rotatable bonds is 7. The molecular formula is C33H35N3O2S. The number of carbonyl (C=O) groups is 1. The smallest absolute Gasteiger partial charge is 0.267 e. The second-order valence-corrected chi connectivity index (χ2v) is 11.5. The van der Waals surface area contributed by atoms with Gasteiger partial charge in [-0.2, -0.15) is 0 Å². The van der Waals surface area contributed by atoms with Gasteiger partial charge in [0.05, 0.1) is 29.8 Å². The van der Waals surface area contributed by atoms with Crippen LogP contribution in [0.5, 0.6) is 5.75 Å². The van der Waals surface area contributed by atoms with E-state index in [4.69, 9.17) is 9.73 Å². The molecule has 0 N–H and O–H groups in total. The SMILES string of the molecule is CCCN1c2cc(OC)c(/C=C3/SC(=Nc4ccccc4)N(Cc4ccccc4)C3=O)cc2C(C)=CC1(C)C. The van der Waals surface area contributed by atoms with Crippen LogP contribution in [0.4, 0.5) is 11.4 Å². The Labute approximate surface area is 235 Å². The van der Waals surface area contributed by atoms with E-state index in [2.05, 4.69) is 50.8 Å². The van der Waals surface area contributed by atoms with Crippen molar-refractivity contribution in [3.8, 4) is 5.75 Å². The van der Waals surface area contributed by atoms with E-state index in [1.807, 2.05) is 66.7 Å². The number of fused-ring (bicyclic) bond motifs is 1. The minimum Gasteiger partial charge on any atom is -0.496 e. The fourth-order valence-corrected chi connectivity index (χ4v) is 6.28. The van der Waals surface area contributed by atoms with E-state index in [0.29, 0.717) is 16.6 Å². The number of hydrogen-bond donors (Lipinski definition) is 0. The number of allylic oxidation sites excluding steroid dienone is 1. The number of ether oxygens (including phenoxy) is 1. The zero-order valence-corrected chi connectivity index (χ0v) is 24.1. The van der Waals surface area contributed by atoms with Crippen molar-refractivity contribution in [3.63, 3.8) is 0 Å². The molecule has 2 aliphatic rings. The Bertz CT molecular complexity index is 1460. The average Bonchev–Trinajstić information content (AvgIpc) is 3.20. The number of amidine groups is 1. The van der Waals surface area contributed by atoms with Gasteiger partial charge in [-0.15, -0.1) is 0 Å². The van der Waals surface area contributed by atoms with Gasteiger partial charge in [0.25, 0.3) is 5.91 Å². The van der Waals surface area contributed by atoms with Gasteiger partial charge in [-0.25, -0.2) is 4.99 Å². The van der Waals surface area contributed by atoms with Crippen molar-refractivity contribution >= 4 is 45.9 Å². The first kappa shape index (κ1) is 26.8. The third-order valence-electron chi connectivity index (χ3n) is 7.12. The highest BCUT2D eigenvalue weighted by molar-refractivity contribution is 8.18. The second kappa shape index (κ2) is 11.1. The molecule has 0 unspecified atom stereocenters. The first-order valence-corrected chi connectivity index (χ1v) is 14.2. The van der Waals surface area contributed by atoms with E-state index >= 15 is 0 Å². The Hall–Kier alpha value is -3.77. The van der Waals surface area contributed by atoms with E-state index in [1.165, 1.54) is 28.6 Å². The van der Waals surface area contributed by atoms with Crippen LogP contribution in [0.1, 0.15) is 50.8 Å². The summed E-state index contributed by atoms with van der Waals surface area (Å²) in [5, 5.41) is 0.671. The molecule has 1 saturated heterocycles. The molecule has 2 heterocycles. The molecule has 200 valence electrons. The summed E-state index contributed by atoms with van der Waals surface area (Å²) in [4.78, 5) is 23.5. The summed E-state index contributed by atoms with van der Waals surface area (Å²) in [6, 6.07) is 24.1. The largest absolute Gasteiger partial charge is 0.496 e. The Kier molecular flexibility index (Phi) is 7.67. The fraction of sp³-hybridized carbons (Fsp3) is 0.273. The third kappa shape index (κ3) is 5.52. The predicted molar refractivity (Wildman–Crippen MR) is 164 cm³/mol. The molecular weight excluding hydrogens is 502 g/mol. The summed E-state index contributed by atoms with van der Waals surface area (Å²) in [7, 11) is 1.69. The van der Waals surface area contributed by atoms with Crippen LogP contribution in [0, 0.1) is 0 Å². The normalized spacial score (nSPS) is 18.5. The van der Waals surface area contributed by atoms with Crippen LogP contribution in [0.25, 0.3) is 11.6 Å². The summed E-state index contributed by atoms with van der Waals surface area (Å²) in [6.45, 7) is 10.3. The standard InChI is InChI=1S/C33H35N3O2S/c1-6-17-36-28-20-29(38-5)25(18-27(28)23(2)21-33(36,3)4)19-30-31(37)35(22-24-13-9-7-10-14-24)32(39-30)34-26-15-11-8-12-16-26/h7-16,18-21H,6,17,22H2,1-5H3/b30-19+,34-32?. The highest BCUT2D eigenvalue weighted by atomic mass is 32.2. The molecule has 0 atom stereocenters. The Balaban J connectivity index is 1.57. The number of methoxy groups -OCH3 is 1. The number of aliphatic imine (C=N–C) groups is 1. The van der Waals surface area contributed by atoms with Crippen molar-refractivity contribution in [1.29, 1.82) is 0 Å². The molecule has 0 bridgehead atoms. The molecule has 0 saturated carbocycles. The highest BCUT2D eigenvalue weighted by Gasteiger charge is 2.35. The zero-order chi connectivity index (χ0) is 27.6. The highest BCUT2D eigenvalue weighted by Crippen LogP contribution is 2.44. The van der Waals surface area contributed by atoms with E-state index in [-0.39, 0.29) is 11.4 Å². The van der Waals surface area contributed by atoms with E-state index in [0.717, 1.165) is 35.5 Å². The van der Waals surface area contributed by atoms with Gasteiger partial charge in [-0.05, 0) is 74.4 Å². The van der Waals surface area contributed by atoms with Crippen LogP contribution in [-0.2, 0) is 11.3 Å². The van der Waals surface area contributed by atoms with Crippen LogP contribution in [-0.4, -0.2) is 35.2 Å². The zero-order valence-electron chi connectivity index (χ0n) is 23.3. The maximum Gasteiger partial charge on any atom is 0.267 e. The van der Waals surface area contributed by atoms with Crippen molar-refractivity contribution in [2.75, 3.05) is 18.6 Å². The molecule has 0 radical (unpaired) electrons. The summed E-state index contributed by atoms with van der Waals surface area (Å²) >= 11 is 1.41. The number of nitrogens with zero attached hydrogens (tertiary/aromatic N) is 3. The van der Waals surface area contributed by atoms with Crippen LogP contribution < -0.4 is 9.64 Å². The van der Waals surface area contributed by atoms with Crippen molar-refractivity contribution in [2.45, 2.75) is 46.2 Å². The van der Waals surface area contributed by atoms with Gasteiger partial charge < -0.3 is 9.64 Å². The lowest BCUT2D eigenvalue weighted by molar-refractivity contribution is -0.122.